The summed E-state index contributed by atoms with van der Waals surface area (Å²) in [6.45, 7) is 6.59. The van der Waals surface area contributed by atoms with Gasteiger partial charge in [0.15, 0.2) is 5.16 Å². The molecule has 0 atom stereocenters. The molecule has 0 fully saturated rings. The molecule has 6 heteroatoms. The number of hydrogen-bond donors (Lipinski definition) is 1. The van der Waals surface area contributed by atoms with Gasteiger partial charge in [0.1, 0.15) is 0 Å². The summed E-state index contributed by atoms with van der Waals surface area (Å²) in [6.07, 6.45) is 0.822. The van der Waals surface area contributed by atoms with Crippen LogP contribution in [-0.2, 0) is 11.3 Å². The molecule has 1 heterocycles. The molecule has 0 saturated carbocycles. The van der Waals surface area contributed by atoms with Gasteiger partial charge in [0.05, 0.1) is 16.7 Å². The van der Waals surface area contributed by atoms with Crippen LogP contribution in [0.1, 0.15) is 24.5 Å². The van der Waals surface area contributed by atoms with E-state index in [2.05, 4.69) is 10.3 Å². The molecule has 1 N–H and O–H groups in total. The number of nitrogens with zero attached hydrogens (tertiary/aromatic N) is 2. The molecule has 0 aliphatic carbocycles. The quantitative estimate of drug-likeness (QED) is 0.514. The SMILES string of the molecule is CCCn1c(SCC(=O)Nc2ccc(C)cc2C)nc2ccccc2c1=O. The molecule has 3 aromatic rings. The predicted octanol–water partition coefficient (Wildman–Crippen LogP) is 4.15. The lowest BCUT2D eigenvalue weighted by atomic mass is 10.1. The highest BCUT2D eigenvalue weighted by molar-refractivity contribution is 7.99. The second-order valence-electron chi connectivity index (χ2n) is 6.52. The predicted molar refractivity (Wildman–Crippen MR) is 112 cm³/mol. The maximum atomic E-state index is 12.8. The Labute approximate surface area is 162 Å². The molecule has 0 bridgehead atoms. The van der Waals surface area contributed by atoms with Gasteiger partial charge in [-0.2, -0.15) is 0 Å². The maximum Gasteiger partial charge on any atom is 0.262 e. The highest BCUT2D eigenvalue weighted by Crippen LogP contribution is 2.20. The number of anilines is 1. The fourth-order valence-corrected chi connectivity index (χ4v) is 3.77. The summed E-state index contributed by atoms with van der Waals surface area (Å²) >= 11 is 1.29. The molecule has 0 aliphatic rings. The van der Waals surface area contributed by atoms with Gasteiger partial charge in [0, 0.05) is 12.2 Å². The molecule has 2 aromatic carbocycles. The molecule has 0 spiro atoms. The van der Waals surface area contributed by atoms with Crippen LogP contribution >= 0.6 is 11.8 Å². The third kappa shape index (κ3) is 4.39. The van der Waals surface area contributed by atoms with Gasteiger partial charge < -0.3 is 5.32 Å². The molecule has 5 nitrogen and oxygen atoms in total. The van der Waals surface area contributed by atoms with Crippen molar-refractivity contribution in [2.75, 3.05) is 11.1 Å². The van der Waals surface area contributed by atoms with Crippen molar-refractivity contribution in [2.24, 2.45) is 0 Å². The van der Waals surface area contributed by atoms with Gasteiger partial charge >= 0.3 is 0 Å². The third-order valence-corrected chi connectivity index (χ3v) is 5.24. The van der Waals surface area contributed by atoms with E-state index < -0.39 is 0 Å². The van der Waals surface area contributed by atoms with Gasteiger partial charge in [-0.3, -0.25) is 14.2 Å². The Kier molecular flexibility index (Phi) is 5.96. The Morgan fingerprint density at radius 1 is 1.19 bits per heavy atom. The molecule has 1 amide bonds. The van der Waals surface area contributed by atoms with E-state index in [-0.39, 0.29) is 17.2 Å². The second kappa shape index (κ2) is 8.39. The zero-order chi connectivity index (χ0) is 19.4. The van der Waals surface area contributed by atoms with Crippen LogP contribution in [0.3, 0.4) is 0 Å². The number of para-hydroxylation sites is 1. The molecular weight excluding hydrogens is 358 g/mol. The first-order chi connectivity index (χ1) is 13.0. The number of fused-ring (bicyclic) bond motifs is 1. The number of carbonyl (C=O) groups is 1. The number of amides is 1. The Morgan fingerprint density at radius 2 is 1.96 bits per heavy atom. The number of hydrogen-bond acceptors (Lipinski definition) is 4. The molecular formula is C21H23N3O2S. The Hall–Kier alpha value is -2.60. The molecule has 27 heavy (non-hydrogen) atoms. The van der Waals surface area contributed by atoms with Crippen LogP contribution in [0, 0.1) is 13.8 Å². The summed E-state index contributed by atoms with van der Waals surface area (Å²) in [7, 11) is 0. The van der Waals surface area contributed by atoms with E-state index >= 15 is 0 Å². The van der Waals surface area contributed by atoms with Crippen LogP contribution in [0.4, 0.5) is 5.69 Å². The first kappa shape index (κ1) is 19.2. The minimum Gasteiger partial charge on any atom is -0.325 e. The maximum absolute atomic E-state index is 12.8. The van der Waals surface area contributed by atoms with Crippen LogP contribution < -0.4 is 10.9 Å². The number of benzene rings is 2. The topological polar surface area (TPSA) is 64.0 Å². The molecule has 1 aromatic heterocycles. The summed E-state index contributed by atoms with van der Waals surface area (Å²) in [5.74, 6) is 0.0827. The lowest BCUT2D eigenvalue weighted by Gasteiger charge is -2.13. The van der Waals surface area contributed by atoms with Gasteiger partial charge in [-0.05, 0) is 44.0 Å². The van der Waals surface area contributed by atoms with Crippen molar-refractivity contribution in [3.8, 4) is 0 Å². The van der Waals surface area contributed by atoms with E-state index in [1.807, 2.05) is 57.2 Å². The minimum absolute atomic E-state index is 0.0558. The Morgan fingerprint density at radius 3 is 2.70 bits per heavy atom. The number of nitrogens with one attached hydrogen (secondary N) is 1. The lowest BCUT2D eigenvalue weighted by molar-refractivity contribution is -0.113. The average molecular weight is 382 g/mol. The Bertz CT molecular complexity index is 1040. The van der Waals surface area contributed by atoms with Gasteiger partial charge in [0.25, 0.3) is 5.56 Å². The standard InChI is InChI=1S/C21H23N3O2S/c1-4-11-24-20(26)16-7-5-6-8-18(16)23-21(24)27-13-19(25)22-17-10-9-14(2)12-15(17)3/h5-10,12H,4,11,13H2,1-3H3,(H,22,25). The highest BCUT2D eigenvalue weighted by Gasteiger charge is 2.13. The first-order valence-corrected chi connectivity index (χ1v) is 9.97. The van der Waals surface area contributed by atoms with E-state index in [0.29, 0.717) is 22.6 Å². The second-order valence-corrected chi connectivity index (χ2v) is 7.47. The van der Waals surface area contributed by atoms with Crippen LogP contribution in [0.15, 0.2) is 52.4 Å². The average Bonchev–Trinajstić information content (AvgIpc) is 2.65. The molecule has 3 rings (SSSR count). The van der Waals surface area contributed by atoms with E-state index in [9.17, 15) is 9.59 Å². The normalized spacial score (nSPS) is 10.9. The van der Waals surface area contributed by atoms with Crippen molar-refractivity contribution >= 4 is 34.3 Å². The number of carbonyl (C=O) groups excluding carboxylic acids is 1. The van der Waals surface area contributed by atoms with Crippen molar-refractivity contribution in [3.05, 3.63) is 63.9 Å². The zero-order valence-electron chi connectivity index (χ0n) is 15.8. The number of thioether (sulfide) groups is 1. The van der Waals surface area contributed by atoms with Crippen molar-refractivity contribution in [3.63, 3.8) is 0 Å². The van der Waals surface area contributed by atoms with E-state index in [0.717, 1.165) is 23.2 Å². The minimum atomic E-state index is -0.114. The molecule has 0 unspecified atom stereocenters. The Balaban J connectivity index is 1.80. The molecule has 0 saturated heterocycles. The van der Waals surface area contributed by atoms with Crippen LogP contribution in [0.25, 0.3) is 10.9 Å². The number of aryl methyl sites for hydroxylation is 2. The number of rotatable bonds is 6. The van der Waals surface area contributed by atoms with Crippen LogP contribution in [0.5, 0.6) is 0 Å². The zero-order valence-corrected chi connectivity index (χ0v) is 16.6. The lowest BCUT2D eigenvalue weighted by Crippen LogP contribution is -2.24. The highest BCUT2D eigenvalue weighted by atomic mass is 32.2. The van der Waals surface area contributed by atoms with Crippen molar-refractivity contribution in [2.45, 2.75) is 38.9 Å². The van der Waals surface area contributed by atoms with E-state index in [4.69, 9.17) is 0 Å². The van der Waals surface area contributed by atoms with Gasteiger partial charge in [-0.1, -0.05) is 48.5 Å². The van der Waals surface area contributed by atoms with Gasteiger partial charge in [-0.15, -0.1) is 0 Å². The van der Waals surface area contributed by atoms with Crippen molar-refractivity contribution < 1.29 is 4.79 Å². The van der Waals surface area contributed by atoms with Gasteiger partial charge in [-0.25, -0.2) is 4.98 Å². The fraction of sp³-hybridized carbons (Fsp3) is 0.286. The van der Waals surface area contributed by atoms with Gasteiger partial charge in [0.2, 0.25) is 5.91 Å². The monoisotopic (exact) mass is 381 g/mol. The largest absolute Gasteiger partial charge is 0.325 e. The smallest absolute Gasteiger partial charge is 0.262 e. The third-order valence-electron chi connectivity index (χ3n) is 4.26. The van der Waals surface area contributed by atoms with Crippen LogP contribution in [-0.4, -0.2) is 21.2 Å². The molecule has 140 valence electrons. The van der Waals surface area contributed by atoms with E-state index in [1.54, 1.807) is 10.6 Å². The summed E-state index contributed by atoms with van der Waals surface area (Å²) in [5, 5.41) is 4.12. The first-order valence-electron chi connectivity index (χ1n) is 8.99. The molecule has 0 aliphatic heterocycles. The fourth-order valence-electron chi connectivity index (χ4n) is 2.95. The summed E-state index contributed by atoms with van der Waals surface area (Å²) in [5.41, 5.74) is 3.60. The summed E-state index contributed by atoms with van der Waals surface area (Å²) < 4.78 is 1.66. The number of aromatic nitrogens is 2. The van der Waals surface area contributed by atoms with Crippen molar-refractivity contribution in [1.29, 1.82) is 0 Å². The van der Waals surface area contributed by atoms with E-state index in [1.165, 1.54) is 11.8 Å². The van der Waals surface area contributed by atoms with Crippen molar-refractivity contribution in [1.82, 2.24) is 9.55 Å². The van der Waals surface area contributed by atoms with Crippen LogP contribution in [0.2, 0.25) is 0 Å². The summed E-state index contributed by atoms with van der Waals surface area (Å²) in [6, 6.07) is 13.2. The summed E-state index contributed by atoms with van der Waals surface area (Å²) in [4.78, 5) is 29.8. The molecule has 0 radical (unpaired) electrons.